The highest BCUT2D eigenvalue weighted by Crippen LogP contribution is 2.16. The zero-order valence-electron chi connectivity index (χ0n) is 14.9. The zero-order chi connectivity index (χ0) is 17.8. The molecule has 0 spiro atoms. The number of hydrogen-bond donors (Lipinski definition) is 0. The largest absolute Gasteiger partial charge is 0.340 e. The van der Waals surface area contributed by atoms with Crippen molar-refractivity contribution in [3.05, 3.63) is 65.9 Å². The number of pyridine rings is 2. The fourth-order valence-corrected chi connectivity index (χ4v) is 2.80. The van der Waals surface area contributed by atoms with Crippen molar-refractivity contribution in [2.45, 2.75) is 13.0 Å². The summed E-state index contributed by atoms with van der Waals surface area (Å²) >= 11 is 0. The Bertz CT molecular complexity index is 857. The standard InChI is InChI=1S/C19H23N5O/c1-22(2)14-16-18(21-17-6-4-5-12-24(16)17)19(25)23(3)13-9-15-7-10-20-11-8-15/h4-8,10-12H,9,13-14H2,1-3H3. The van der Waals surface area contributed by atoms with Crippen LogP contribution in [-0.4, -0.2) is 57.8 Å². The Balaban J connectivity index is 1.83. The fourth-order valence-electron chi connectivity index (χ4n) is 2.80. The molecule has 130 valence electrons. The lowest BCUT2D eigenvalue weighted by atomic mass is 10.2. The number of carbonyl (C=O) groups is 1. The third-order valence-electron chi connectivity index (χ3n) is 4.13. The third kappa shape index (κ3) is 3.85. The van der Waals surface area contributed by atoms with Crippen LogP contribution < -0.4 is 0 Å². The lowest BCUT2D eigenvalue weighted by Gasteiger charge is -2.18. The highest BCUT2D eigenvalue weighted by atomic mass is 16.2. The molecule has 6 heteroatoms. The van der Waals surface area contributed by atoms with E-state index in [9.17, 15) is 4.79 Å². The molecule has 0 aliphatic carbocycles. The molecule has 0 fully saturated rings. The average Bonchev–Trinajstić information content (AvgIpc) is 2.98. The summed E-state index contributed by atoms with van der Waals surface area (Å²) in [5.41, 5.74) is 3.40. The number of likely N-dealkylation sites (N-methyl/N-ethyl adjacent to an activating group) is 1. The highest BCUT2D eigenvalue weighted by Gasteiger charge is 2.22. The Labute approximate surface area is 147 Å². The van der Waals surface area contributed by atoms with E-state index in [-0.39, 0.29) is 5.91 Å². The monoisotopic (exact) mass is 337 g/mol. The van der Waals surface area contributed by atoms with Gasteiger partial charge in [0, 0.05) is 38.7 Å². The molecular weight excluding hydrogens is 314 g/mol. The van der Waals surface area contributed by atoms with E-state index in [0.29, 0.717) is 18.8 Å². The first kappa shape index (κ1) is 17.1. The van der Waals surface area contributed by atoms with Gasteiger partial charge in [0.1, 0.15) is 5.65 Å². The molecular formula is C19H23N5O. The maximum absolute atomic E-state index is 13.0. The van der Waals surface area contributed by atoms with Gasteiger partial charge in [-0.05, 0) is 50.3 Å². The summed E-state index contributed by atoms with van der Waals surface area (Å²) < 4.78 is 1.99. The summed E-state index contributed by atoms with van der Waals surface area (Å²) in [6, 6.07) is 9.76. The number of amides is 1. The van der Waals surface area contributed by atoms with Crippen molar-refractivity contribution in [3.8, 4) is 0 Å². The number of nitrogens with zero attached hydrogens (tertiary/aromatic N) is 5. The second-order valence-electron chi connectivity index (χ2n) is 6.41. The molecule has 0 saturated heterocycles. The van der Waals surface area contributed by atoms with Crippen molar-refractivity contribution in [2.24, 2.45) is 0 Å². The van der Waals surface area contributed by atoms with Crippen molar-refractivity contribution >= 4 is 11.6 Å². The topological polar surface area (TPSA) is 53.7 Å². The number of aromatic nitrogens is 3. The molecule has 0 saturated carbocycles. The number of carbonyl (C=O) groups excluding carboxylic acids is 1. The molecule has 3 aromatic heterocycles. The van der Waals surface area contributed by atoms with E-state index in [1.165, 1.54) is 0 Å². The predicted molar refractivity (Wildman–Crippen MR) is 97.5 cm³/mol. The Kier molecular flexibility index (Phi) is 5.09. The van der Waals surface area contributed by atoms with Gasteiger partial charge in [0.25, 0.3) is 5.91 Å². The minimum absolute atomic E-state index is 0.0467. The molecule has 3 rings (SSSR count). The van der Waals surface area contributed by atoms with Gasteiger partial charge >= 0.3 is 0 Å². The molecule has 0 aliphatic heterocycles. The molecule has 3 aromatic rings. The van der Waals surface area contributed by atoms with Gasteiger partial charge in [-0.25, -0.2) is 4.98 Å². The van der Waals surface area contributed by atoms with Crippen molar-refractivity contribution in [2.75, 3.05) is 27.7 Å². The van der Waals surface area contributed by atoms with E-state index in [2.05, 4.69) is 9.97 Å². The van der Waals surface area contributed by atoms with E-state index in [0.717, 1.165) is 23.3 Å². The molecule has 3 heterocycles. The van der Waals surface area contributed by atoms with Gasteiger partial charge in [-0.15, -0.1) is 0 Å². The molecule has 6 nitrogen and oxygen atoms in total. The molecule has 0 aromatic carbocycles. The predicted octanol–water partition coefficient (Wildman–Crippen LogP) is 2.11. The fraction of sp³-hybridized carbons (Fsp3) is 0.316. The second-order valence-corrected chi connectivity index (χ2v) is 6.41. The van der Waals surface area contributed by atoms with Crippen LogP contribution in [0.4, 0.5) is 0 Å². The first-order valence-electron chi connectivity index (χ1n) is 8.31. The van der Waals surface area contributed by atoms with E-state index >= 15 is 0 Å². The van der Waals surface area contributed by atoms with E-state index in [1.54, 1.807) is 17.3 Å². The Morgan fingerprint density at radius 2 is 1.88 bits per heavy atom. The molecule has 0 aliphatic rings. The Morgan fingerprint density at radius 1 is 1.12 bits per heavy atom. The minimum Gasteiger partial charge on any atom is -0.340 e. The van der Waals surface area contributed by atoms with Crippen molar-refractivity contribution < 1.29 is 4.79 Å². The van der Waals surface area contributed by atoms with Crippen LogP contribution in [0.5, 0.6) is 0 Å². The van der Waals surface area contributed by atoms with E-state index in [4.69, 9.17) is 0 Å². The first-order chi connectivity index (χ1) is 12.1. The summed E-state index contributed by atoms with van der Waals surface area (Å²) in [5.74, 6) is -0.0467. The average molecular weight is 337 g/mol. The van der Waals surface area contributed by atoms with Gasteiger partial charge in [-0.1, -0.05) is 6.07 Å². The summed E-state index contributed by atoms with van der Waals surface area (Å²) in [5, 5.41) is 0. The first-order valence-corrected chi connectivity index (χ1v) is 8.31. The Morgan fingerprint density at radius 3 is 2.60 bits per heavy atom. The van der Waals surface area contributed by atoms with Crippen LogP contribution >= 0.6 is 0 Å². The van der Waals surface area contributed by atoms with Gasteiger partial charge in [0.2, 0.25) is 0 Å². The number of rotatable bonds is 6. The van der Waals surface area contributed by atoms with Crippen LogP contribution in [0, 0.1) is 0 Å². The Hall–Kier alpha value is -2.73. The lowest BCUT2D eigenvalue weighted by Crippen LogP contribution is -2.30. The number of hydrogen-bond acceptors (Lipinski definition) is 4. The van der Waals surface area contributed by atoms with Crippen LogP contribution in [0.15, 0.2) is 48.9 Å². The van der Waals surface area contributed by atoms with Crippen LogP contribution in [-0.2, 0) is 13.0 Å². The van der Waals surface area contributed by atoms with E-state index in [1.807, 2.05) is 67.0 Å². The molecule has 0 N–H and O–H groups in total. The molecule has 0 atom stereocenters. The third-order valence-corrected chi connectivity index (χ3v) is 4.13. The quantitative estimate of drug-likeness (QED) is 0.691. The van der Waals surface area contributed by atoms with Crippen LogP contribution in [0.25, 0.3) is 5.65 Å². The van der Waals surface area contributed by atoms with Crippen LogP contribution in [0.2, 0.25) is 0 Å². The van der Waals surface area contributed by atoms with E-state index < -0.39 is 0 Å². The summed E-state index contributed by atoms with van der Waals surface area (Å²) in [7, 11) is 5.81. The van der Waals surface area contributed by atoms with Gasteiger partial charge < -0.3 is 14.2 Å². The van der Waals surface area contributed by atoms with Gasteiger partial charge in [-0.2, -0.15) is 0 Å². The summed E-state index contributed by atoms with van der Waals surface area (Å²) in [6.45, 7) is 1.29. The summed E-state index contributed by atoms with van der Waals surface area (Å²) in [4.78, 5) is 25.3. The van der Waals surface area contributed by atoms with Crippen LogP contribution in [0.3, 0.4) is 0 Å². The normalized spacial score (nSPS) is 11.2. The van der Waals surface area contributed by atoms with Crippen LogP contribution in [0.1, 0.15) is 21.7 Å². The SMILES string of the molecule is CN(C)Cc1c(C(=O)N(C)CCc2ccncc2)nc2ccccn12. The lowest BCUT2D eigenvalue weighted by molar-refractivity contribution is 0.0789. The van der Waals surface area contributed by atoms with Crippen molar-refractivity contribution in [3.63, 3.8) is 0 Å². The maximum Gasteiger partial charge on any atom is 0.274 e. The van der Waals surface area contributed by atoms with Gasteiger partial charge in [0.15, 0.2) is 5.69 Å². The van der Waals surface area contributed by atoms with Gasteiger partial charge in [-0.3, -0.25) is 9.78 Å². The highest BCUT2D eigenvalue weighted by molar-refractivity contribution is 5.94. The molecule has 1 amide bonds. The van der Waals surface area contributed by atoms with Crippen molar-refractivity contribution in [1.29, 1.82) is 0 Å². The molecule has 25 heavy (non-hydrogen) atoms. The smallest absolute Gasteiger partial charge is 0.274 e. The molecule has 0 radical (unpaired) electrons. The minimum atomic E-state index is -0.0467. The molecule has 0 bridgehead atoms. The summed E-state index contributed by atoms with van der Waals surface area (Å²) in [6.07, 6.45) is 6.29. The second kappa shape index (κ2) is 7.44. The number of imidazole rings is 1. The number of fused-ring (bicyclic) bond motifs is 1. The zero-order valence-corrected chi connectivity index (χ0v) is 14.9. The maximum atomic E-state index is 13.0. The molecule has 0 unspecified atom stereocenters. The van der Waals surface area contributed by atoms with Crippen molar-refractivity contribution in [1.82, 2.24) is 24.2 Å². The van der Waals surface area contributed by atoms with Gasteiger partial charge in [0.05, 0.1) is 5.69 Å².